The van der Waals surface area contributed by atoms with Gasteiger partial charge in [-0.05, 0) is 30.2 Å². The highest BCUT2D eigenvalue weighted by Crippen LogP contribution is 2.24. The lowest BCUT2D eigenvalue weighted by atomic mass is 10.1. The van der Waals surface area contributed by atoms with Crippen LogP contribution in [0.5, 0.6) is 0 Å². The molecule has 0 atom stereocenters. The van der Waals surface area contributed by atoms with Gasteiger partial charge in [-0.15, -0.1) is 0 Å². The van der Waals surface area contributed by atoms with E-state index < -0.39 is 0 Å². The lowest BCUT2D eigenvalue weighted by Crippen LogP contribution is -2.32. The highest BCUT2D eigenvalue weighted by molar-refractivity contribution is 9.10. The molecule has 0 aliphatic carbocycles. The van der Waals surface area contributed by atoms with Crippen LogP contribution in [0.3, 0.4) is 0 Å². The topological polar surface area (TPSA) is 15.3 Å². The first-order valence-corrected chi connectivity index (χ1v) is 4.81. The smallest absolute Gasteiger partial charge is 0.0523 e. The van der Waals surface area contributed by atoms with Crippen LogP contribution in [0.4, 0.5) is 5.69 Å². The molecule has 0 amide bonds. The summed E-state index contributed by atoms with van der Waals surface area (Å²) >= 11 is 3.46. The maximum Gasteiger partial charge on any atom is 0.0523 e. The number of hydrazine groups is 1. The molecule has 1 aliphatic rings. The summed E-state index contributed by atoms with van der Waals surface area (Å²) in [7, 11) is 2.06. The zero-order valence-electron chi connectivity index (χ0n) is 6.97. The molecule has 0 fully saturated rings. The van der Waals surface area contributed by atoms with Gasteiger partial charge in [0.25, 0.3) is 0 Å². The number of hydrogen-bond donors (Lipinski definition) is 1. The maximum atomic E-state index is 3.46. The van der Waals surface area contributed by atoms with Gasteiger partial charge >= 0.3 is 0 Å². The van der Waals surface area contributed by atoms with Crippen molar-refractivity contribution in [2.24, 2.45) is 0 Å². The quantitative estimate of drug-likeness (QED) is 0.731. The maximum absolute atomic E-state index is 3.46. The monoisotopic (exact) mass is 226 g/mol. The highest BCUT2D eigenvalue weighted by Gasteiger charge is 2.11. The summed E-state index contributed by atoms with van der Waals surface area (Å²) in [6.07, 6.45) is 1.12. The first kappa shape index (κ1) is 8.08. The van der Waals surface area contributed by atoms with E-state index in [4.69, 9.17) is 0 Å². The molecule has 2 nitrogen and oxygen atoms in total. The molecule has 2 rings (SSSR count). The van der Waals surface area contributed by atoms with Gasteiger partial charge in [0.2, 0.25) is 0 Å². The molecule has 1 aromatic carbocycles. The second-order valence-electron chi connectivity index (χ2n) is 3.08. The number of anilines is 1. The van der Waals surface area contributed by atoms with Crippen LogP contribution in [-0.2, 0) is 6.42 Å². The van der Waals surface area contributed by atoms with Crippen molar-refractivity contribution >= 4 is 21.6 Å². The molecule has 1 aliphatic heterocycles. The second-order valence-corrected chi connectivity index (χ2v) is 4.00. The Labute approximate surface area is 80.7 Å². The average molecular weight is 227 g/mol. The van der Waals surface area contributed by atoms with Crippen molar-refractivity contribution in [3.8, 4) is 0 Å². The minimum absolute atomic E-state index is 1.07. The fourth-order valence-corrected chi connectivity index (χ4v) is 1.84. The van der Waals surface area contributed by atoms with Crippen LogP contribution < -0.4 is 5.43 Å². The molecule has 0 radical (unpaired) electrons. The first-order valence-electron chi connectivity index (χ1n) is 4.02. The van der Waals surface area contributed by atoms with Crippen molar-refractivity contribution in [1.82, 2.24) is 5.01 Å². The van der Waals surface area contributed by atoms with Crippen LogP contribution in [0.25, 0.3) is 0 Å². The Kier molecular flexibility index (Phi) is 2.07. The number of nitrogens with zero attached hydrogens (tertiary/aromatic N) is 1. The van der Waals surface area contributed by atoms with E-state index in [0.29, 0.717) is 0 Å². The van der Waals surface area contributed by atoms with E-state index in [0.717, 1.165) is 17.4 Å². The standard InChI is InChI=1S/C9H11BrN2/c1-12-5-4-7-6-8(10)2-3-9(7)11-12/h2-3,6,11H,4-5H2,1H3. The number of benzene rings is 1. The average Bonchev–Trinajstić information content (AvgIpc) is 2.05. The molecule has 0 spiro atoms. The van der Waals surface area contributed by atoms with Gasteiger partial charge in [-0.3, -0.25) is 0 Å². The van der Waals surface area contributed by atoms with Gasteiger partial charge in [0.15, 0.2) is 0 Å². The predicted octanol–water partition coefficient (Wildman–Crippen LogP) is 2.26. The van der Waals surface area contributed by atoms with E-state index in [9.17, 15) is 0 Å². The van der Waals surface area contributed by atoms with Crippen LogP contribution in [0.2, 0.25) is 0 Å². The fourth-order valence-electron chi connectivity index (χ4n) is 1.43. The molecule has 1 aromatic rings. The van der Waals surface area contributed by atoms with E-state index >= 15 is 0 Å². The Morgan fingerprint density at radius 2 is 2.33 bits per heavy atom. The Morgan fingerprint density at radius 3 is 3.17 bits per heavy atom. The summed E-state index contributed by atoms with van der Waals surface area (Å²) in [4.78, 5) is 0. The summed E-state index contributed by atoms with van der Waals surface area (Å²) in [5.74, 6) is 0. The van der Waals surface area contributed by atoms with Gasteiger partial charge in [0.05, 0.1) is 5.69 Å². The summed E-state index contributed by atoms with van der Waals surface area (Å²) in [6, 6.07) is 6.34. The molecular weight excluding hydrogens is 216 g/mol. The Hall–Kier alpha value is -0.540. The van der Waals surface area contributed by atoms with Crippen LogP contribution in [-0.4, -0.2) is 18.6 Å². The van der Waals surface area contributed by atoms with Crippen LogP contribution in [0.15, 0.2) is 22.7 Å². The minimum Gasteiger partial charge on any atom is -0.319 e. The summed E-state index contributed by atoms with van der Waals surface area (Å²) < 4.78 is 1.16. The third-order valence-electron chi connectivity index (χ3n) is 2.10. The molecule has 0 saturated carbocycles. The first-order chi connectivity index (χ1) is 5.75. The Bertz CT molecular complexity index is 299. The van der Waals surface area contributed by atoms with E-state index in [1.807, 2.05) is 0 Å². The molecule has 0 saturated heterocycles. The number of nitrogens with one attached hydrogen (secondary N) is 1. The zero-order chi connectivity index (χ0) is 8.55. The fraction of sp³-hybridized carbons (Fsp3) is 0.333. The lowest BCUT2D eigenvalue weighted by molar-refractivity contribution is 0.392. The molecule has 0 unspecified atom stereocenters. The van der Waals surface area contributed by atoms with Crippen LogP contribution in [0, 0.1) is 0 Å². The van der Waals surface area contributed by atoms with Crippen molar-refractivity contribution < 1.29 is 0 Å². The minimum atomic E-state index is 1.07. The van der Waals surface area contributed by atoms with E-state index in [1.165, 1.54) is 11.3 Å². The largest absolute Gasteiger partial charge is 0.319 e. The molecule has 64 valence electrons. The number of fused-ring (bicyclic) bond motifs is 1. The normalized spacial score (nSPS) is 16.8. The number of likely N-dealkylation sites (N-methyl/N-ethyl adjacent to an activating group) is 1. The SMILES string of the molecule is CN1CCc2cc(Br)ccc2N1. The van der Waals surface area contributed by atoms with Crippen molar-refractivity contribution in [2.45, 2.75) is 6.42 Å². The molecule has 1 N–H and O–H groups in total. The molecule has 12 heavy (non-hydrogen) atoms. The Morgan fingerprint density at radius 1 is 1.50 bits per heavy atom. The van der Waals surface area contributed by atoms with Gasteiger partial charge in [-0.25, -0.2) is 5.01 Å². The number of hydrogen-bond acceptors (Lipinski definition) is 2. The highest BCUT2D eigenvalue weighted by atomic mass is 79.9. The molecular formula is C9H11BrN2. The zero-order valence-corrected chi connectivity index (χ0v) is 8.56. The van der Waals surface area contributed by atoms with E-state index in [-0.39, 0.29) is 0 Å². The van der Waals surface area contributed by atoms with Crippen LogP contribution in [0.1, 0.15) is 5.56 Å². The third kappa shape index (κ3) is 1.47. The van der Waals surface area contributed by atoms with Gasteiger partial charge in [-0.2, -0.15) is 0 Å². The summed E-state index contributed by atoms with van der Waals surface area (Å²) in [5.41, 5.74) is 5.92. The Balaban J connectivity index is 2.37. The van der Waals surface area contributed by atoms with E-state index in [1.54, 1.807) is 0 Å². The van der Waals surface area contributed by atoms with Crippen molar-refractivity contribution in [2.75, 3.05) is 19.0 Å². The van der Waals surface area contributed by atoms with Crippen molar-refractivity contribution in [3.63, 3.8) is 0 Å². The van der Waals surface area contributed by atoms with Crippen molar-refractivity contribution in [3.05, 3.63) is 28.2 Å². The van der Waals surface area contributed by atoms with Gasteiger partial charge in [-0.1, -0.05) is 15.9 Å². The van der Waals surface area contributed by atoms with Gasteiger partial charge in [0.1, 0.15) is 0 Å². The second kappa shape index (κ2) is 3.07. The van der Waals surface area contributed by atoms with E-state index in [2.05, 4.69) is 51.6 Å². The number of rotatable bonds is 0. The molecule has 3 heteroatoms. The van der Waals surface area contributed by atoms with Crippen molar-refractivity contribution in [1.29, 1.82) is 0 Å². The molecule has 0 aromatic heterocycles. The molecule has 1 heterocycles. The third-order valence-corrected chi connectivity index (χ3v) is 2.59. The van der Waals surface area contributed by atoms with Crippen LogP contribution >= 0.6 is 15.9 Å². The summed E-state index contributed by atoms with van der Waals surface area (Å²) in [6.45, 7) is 1.07. The van der Waals surface area contributed by atoms with Gasteiger partial charge in [0, 0.05) is 18.1 Å². The summed E-state index contributed by atoms with van der Waals surface area (Å²) in [5, 5.41) is 2.11. The lowest BCUT2D eigenvalue weighted by Gasteiger charge is -2.26. The molecule has 0 bridgehead atoms. The van der Waals surface area contributed by atoms with Gasteiger partial charge < -0.3 is 5.43 Å². The number of halogens is 1. The predicted molar refractivity (Wildman–Crippen MR) is 54.1 cm³/mol.